The maximum absolute atomic E-state index is 13.2. The van der Waals surface area contributed by atoms with Gasteiger partial charge in [-0.3, -0.25) is 14.9 Å². The normalized spacial score (nSPS) is 11.6. The number of nitrogens with zero attached hydrogens (tertiary/aromatic N) is 2. The van der Waals surface area contributed by atoms with Crippen molar-refractivity contribution in [1.82, 2.24) is 20.8 Å². The lowest BCUT2D eigenvalue weighted by molar-refractivity contribution is 0.0483. The van der Waals surface area contributed by atoms with Gasteiger partial charge in [0, 0.05) is 29.8 Å². The molecule has 0 spiro atoms. The minimum Gasteiger partial charge on any atom is -0.494 e. The molecule has 44 heavy (non-hydrogen) atoms. The van der Waals surface area contributed by atoms with Crippen LogP contribution < -0.4 is 20.3 Å². The Morgan fingerprint density at radius 2 is 1.55 bits per heavy atom. The first-order valence-corrected chi connectivity index (χ1v) is 15.7. The fourth-order valence-electron chi connectivity index (χ4n) is 4.16. The molecule has 2 heterocycles. The molecule has 0 saturated carbocycles. The van der Waals surface area contributed by atoms with Crippen molar-refractivity contribution in [3.05, 3.63) is 72.4 Å². The number of carbonyl (C=O) groups is 2. The number of aliphatic hydroxyl groups is 1. The highest BCUT2D eigenvalue weighted by Gasteiger charge is 2.19. The lowest BCUT2D eigenvalue weighted by Crippen LogP contribution is -2.44. The van der Waals surface area contributed by atoms with Crippen molar-refractivity contribution in [1.29, 1.82) is 0 Å². The van der Waals surface area contributed by atoms with E-state index in [2.05, 4.69) is 25.5 Å². The van der Waals surface area contributed by atoms with E-state index in [9.17, 15) is 18.0 Å². The van der Waals surface area contributed by atoms with Crippen molar-refractivity contribution in [3.63, 3.8) is 0 Å². The van der Waals surface area contributed by atoms with Gasteiger partial charge in [-0.1, -0.05) is 36.4 Å². The molecule has 2 aromatic heterocycles. The molecule has 4 rings (SSSR count). The van der Waals surface area contributed by atoms with E-state index in [0.29, 0.717) is 35.2 Å². The average molecular weight is 622 g/mol. The van der Waals surface area contributed by atoms with Crippen LogP contribution in [0.3, 0.4) is 0 Å². The van der Waals surface area contributed by atoms with Crippen molar-refractivity contribution < 1.29 is 32.6 Å². The van der Waals surface area contributed by atoms with Crippen molar-refractivity contribution >= 4 is 38.7 Å². The summed E-state index contributed by atoms with van der Waals surface area (Å²) < 4.78 is 36.8. The number of nitrogens with one attached hydrogen (secondary N) is 3. The van der Waals surface area contributed by atoms with E-state index in [1.807, 2.05) is 48.5 Å². The van der Waals surface area contributed by atoms with Gasteiger partial charge >= 0.3 is 6.09 Å². The topological polar surface area (TPSA) is 169 Å². The molecule has 2 aromatic carbocycles. The Labute approximate surface area is 255 Å². The van der Waals surface area contributed by atoms with E-state index < -0.39 is 27.6 Å². The number of hydrogen-bond acceptors (Lipinski definition) is 9. The largest absolute Gasteiger partial charge is 0.494 e. The lowest BCUT2D eigenvalue weighted by Gasteiger charge is -2.20. The molecule has 0 saturated heterocycles. The van der Waals surface area contributed by atoms with Crippen LogP contribution in [-0.2, 0) is 14.8 Å². The Morgan fingerprint density at radius 3 is 2.16 bits per heavy atom. The summed E-state index contributed by atoms with van der Waals surface area (Å²) in [6.45, 7) is 5.77. The highest BCUT2D eigenvalue weighted by Crippen LogP contribution is 2.29. The molecule has 0 fully saturated rings. The lowest BCUT2D eigenvalue weighted by atomic mass is 10.0. The molecule has 0 aliphatic carbocycles. The Kier molecular flexibility index (Phi) is 10.0. The monoisotopic (exact) mass is 621 g/mol. The van der Waals surface area contributed by atoms with Crippen molar-refractivity contribution in [2.45, 2.75) is 39.2 Å². The molecule has 13 heteroatoms. The van der Waals surface area contributed by atoms with Gasteiger partial charge in [-0.25, -0.2) is 28.6 Å². The van der Waals surface area contributed by atoms with Gasteiger partial charge in [-0.05, 0) is 62.9 Å². The number of anilines is 1. The van der Waals surface area contributed by atoms with Gasteiger partial charge in [-0.15, -0.1) is 0 Å². The van der Waals surface area contributed by atoms with Gasteiger partial charge in [0.25, 0.3) is 5.91 Å². The summed E-state index contributed by atoms with van der Waals surface area (Å²) in [5.41, 5.74) is 7.34. The molecule has 2 amide bonds. The van der Waals surface area contributed by atoms with Crippen LogP contribution in [0.1, 0.15) is 44.0 Å². The number of rotatable bonds is 10. The van der Waals surface area contributed by atoms with Crippen LogP contribution in [0, 0.1) is 0 Å². The number of carbonyl (C=O) groups excluding carboxylic acids is 2. The maximum Gasteiger partial charge on any atom is 0.426 e. The summed E-state index contributed by atoms with van der Waals surface area (Å²) in [4.78, 5) is 34.1. The zero-order valence-corrected chi connectivity index (χ0v) is 25.7. The number of aliphatic hydroxyl groups excluding tert-OH is 1. The Bertz CT molecular complexity index is 1740. The number of aromatic nitrogens is 2. The number of unbranched alkanes of at least 4 members (excludes halogenated alkanes) is 1. The SMILES string of the molecule is CC(C)(C)OC(=O)NNC(=O)c1cc(-c2ccc(-c3ccc(OCCCCO)cc3)cc2)nc2cc(NS(C)(=O)=O)ncc12. The molecular formula is C31H35N5O7S. The number of pyridine rings is 2. The van der Waals surface area contributed by atoms with E-state index in [0.717, 1.165) is 29.6 Å². The van der Waals surface area contributed by atoms with Gasteiger partial charge in [0.1, 0.15) is 17.2 Å². The van der Waals surface area contributed by atoms with Gasteiger partial charge in [-0.2, -0.15) is 0 Å². The van der Waals surface area contributed by atoms with E-state index in [1.165, 1.54) is 12.3 Å². The number of fused-ring (bicyclic) bond motifs is 1. The van der Waals surface area contributed by atoms with Crippen molar-refractivity contribution in [2.24, 2.45) is 0 Å². The predicted molar refractivity (Wildman–Crippen MR) is 168 cm³/mol. The number of amides is 2. The molecule has 0 bridgehead atoms. The summed E-state index contributed by atoms with van der Waals surface area (Å²) in [5, 5.41) is 9.24. The van der Waals surface area contributed by atoms with E-state index in [4.69, 9.17) is 14.6 Å². The third-order valence-electron chi connectivity index (χ3n) is 6.10. The minimum absolute atomic E-state index is 0.0408. The zero-order chi connectivity index (χ0) is 31.9. The molecule has 4 N–H and O–H groups in total. The molecule has 232 valence electrons. The van der Waals surface area contributed by atoms with Crippen molar-refractivity contribution in [2.75, 3.05) is 24.2 Å². The van der Waals surface area contributed by atoms with Crippen LogP contribution >= 0.6 is 0 Å². The molecule has 12 nitrogen and oxygen atoms in total. The van der Waals surface area contributed by atoms with Gasteiger partial charge < -0.3 is 14.6 Å². The number of benzene rings is 2. The zero-order valence-electron chi connectivity index (χ0n) is 24.9. The summed E-state index contributed by atoms with van der Waals surface area (Å²) in [6.07, 6.45) is 2.98. The van der Waals surface area contributed by atoms with E-state index in [-0.39, 0.29) is 18.0 Å². The highest BCUT2D eigenvalue weighted by molar-refractivity contribution is 7.92. The second-order valence-corrected chi connectivity index (χ2v) is 12.7. The number of hydrogen-bond donors (Lipinski definition) is 4. The van der Waals surface area contributed by atoms with Crippen LogP contribution in [0.4, 0.5) is 10.6 Å². The Balaban J connectivity index is 1.62. The standard InChI is InChI=1S/C31H35N5O7S/c1-31(2,3)43-30(39)35-34-29(38)24-17-26(33-27-18-28(32-19-25(24)27)36-44(4,40)41)22-9-7-20(8-10-22)21-11-13-23(14-12-21)42-16-6-5-15-37/h7-14,17-19,37H,5-6,15-16H2,1-4H3,(H,32,36)(H,34,38)(H,35,39). The second kappa shape index (κ2) is 13.7. The van der Waals surface area contributed by atoms with Crippen LogP contribution in [0.5, 0.6) is 5.75 Å². The van der Waals surface area contributed by atoms with Gasteiger partial charge in [0.05, 0.1) is 29.6 Å². The molecular weight excluding hydrogens is 586 g/mol. The van der Waals surface area contributed by atoms with Gasteiger partial charge in [0.2, 0.25) is 10.0 Å². The summed E-state index contributed by atoms with van der Waals surface area (Å²) in [7, 11) is -3.61. The first-order valence-electron chi connectivity index (χ1n) is 13.8. The smallest absolute Gasteiger partial charge is 0.426 e. The summed E-state index contributed by atoms with van der Waals surface area (Å²) in [6, 6.07) is 18.2. The van der Waals surface area contributed by atoms with Crippen LogP contribution in [0.15, 0.2) is 66.9 Å². The number of hydrazine groups is 1. The van der Waals surface area contributed by atoms with Crippen molar-refractivity contribution in [3.8, 4) is 28.1 Å². The van der Waals surface area contributed by atoms with Crippen LogP contribution in [-0.4, -0.2) is 60.6 Å². The number of ether oxygens (including phenoxy) is 2. The highest BCUT2D eigenvalue weighted by atomic mass is 32.2. The first kappa shape index (κ1) is 32.2. The first-order chi connectivity index (χ1) is 20.8. The molecule has 0 aliphatic rings. The molecule has 0 radical (unpaired) electrons. The minimum atomic E-state index is -3.61. The second-order valence-electron chi connectivity index (χ2n) is 11.0. The average Bonchev–Trinajstić information content (AvgIpc) is 2.96. The number of sulfonamides is 1. The molecule has 0 aliphatic heterocycles. The predicted octanol–water partition coefficient (Wildman–Crippen LogP) is 4.66. The Morgan fingerprint density at radius 1 is 0.909 bits per heavy atom. The Hall–Kier alpha value is -4.75. The molecule has 4 aromatic rings. The third kappa shape index (κ3) is 9.12. The fourth-order valence-corrected chi connectivity index (χ4v) is 4.65. The van der Waals surface area contributed by atoms with E-state index >= 15 is 0 Å². The maximum atomic E-state index is 13.2. The third-order valence-corrected chi connectivity index (χ3v) is 6.68. The summed E-state index contributed by atoms with van der Waals surface area (Å²) in [5.74, 6) is 0.138. The van der Waals surface area contributed by atoms with Crippen LogP contribution in [0.2, 0.25) is 0 Å². The summed E-state index contributed by atoms with van der Waals surface area (Å²) >= 11 is 0. The fraction of sp³-hybridized carbons (Fsp3) is 0.290. The molecule has 0 atom stereocenters. The van der Waals surface area contributed by atoms with E-state index in [1.54, 1.807) is 26.8 Å². The van der Waals surface area contributed by atoms with Gasteiger partial charge in [0.15, 0.2) is 0 Å². The molecule has 0 unspecified atom stereocenters. The quantitative estimate of drug-likeness (QED) is 0.145. The van der Waals surface area contributed by atoms with Crippen LogP contribution in [0.25, 0.3) is 33.3 Å².